The fraction of sp³-hybridized carbons (Fsp3) is 0.241. The highest BCUT2D eigenvalue weighted by Crippen LogP contribution is 2.31. The number of hydrogen-bond donors (Lipinski definition) is 1. The van der Waals surface area contributed by atoms with Crippen LogP contribution in [0.2, 0.25) is 5.02 Å². The van der Waals surface area contributed by atoms with Gasteiger partial charge in [-0.1, -0.05) is 54.1 Å². The first-order valence-corrected chi connectivity index (χ1v) is 12.6. The fourth-order valence-corrected chi connectivity index (χ4v) is 4.66. The second-order valence-electron chi connectivity index (χ2n) is 8.85. The van der Waals surface area contributed by atoms with Gasteiger partial charge in [0, 0.05) is 31.3 Å². The summed E-state index contributed by atoms with van der Waals surface area (Å²) in [6.45, 7) is 5.27. The molecule has 1 aliphatic rings. The average Bonchev–Trinajstić information content (AvgIpc) is 2.91. The number of piperazine rings is 1. The highest BCUT2D eigenvalue weighted by molar-refractivity contribution is 6.33. The van der Waals surface area contributed by atoms with Crippen LogP contribution in [0.3, 0.4) is 0 Å². The molecule has 1 atom stereocenters. The SMILES string of the molecule is CCOc1ccc(-c2nc(Nc3ccccc3Cl)cc(N3CCN(C)C(c4ccccc4)C3)n2)cc1. The Bertz CT molecular complexity index is 1300. The van der Waals surface area contributed by atoms with Crippen molar-refractivity contribution in [3.63, 3.8) is 0 Å². The third kappa shape index (κ3) is 5.45. The van der Waals surface area contributed by atoms with Crippen molar-refractivity contribution >= 4 is 28.9 Å². The smallest absolute Gasteiger partial charge is 0.163 e. The van der Waals surface area contributed by atoms with Gasteiger partial charge < -0.3 is 15.0 Å². The van der Waals surface area contributed by atoms with Crippen LogP contribution in [0, 0.1) is 0 Å². The number of likely N-dealkylation sites (N-methyl/N-ethyl adjacent to an activating group) is 1. The summed E-state index contributed by atoms with van der Waals surface area (Å²) in [6.07, 6.45) is 0. The summed E-state index contributed by atoms with van der Waals surface area (Å²) in [5, 5.41) is 4.04. The maximum atomic E-state index is 6.43. The number of benzene rings is 3. The van der Waals surface area contributed by atoms with Crippen LogP contribution in [0.15, 0.2) is 84.9 Å². The van der Waals surface area contributed by atoms with Gasteiger partial charge in [-0.15, -0.1) is 0 Å². The molecule has 1 N–H and O–H groups in total. The predicted molar refractivity (Wildman–Crippen MR) is 147 cm³/mol. The molecule has 1 aliphatic heterocycles. The molecule has 3 aromatic carbocycles. The van der Waals surface area contributed by atoms with Crippen LogP contribution < -0.4 is 15.0 Å². The first kappa shape index (κ1) is 24.1. The molecule has 5 rings (SSSR count). The number of rotatable bonds is 7. The van der Waals surface area contributed by atoms with Gasteiger partial charge in [-0.2, -0.15) is 0 Å². The maximum Gasteiger partial charge on any atom is 0.163 e. The number of halogens is 1. The van der Waals surface area contributed by atoms with E-state index in [0.717, 1.165) is 42.5 Å². The van der Waals surface area contributed by atoms with Gasteiger partial charge in [-0.25, -0.2) is 9.97 Å². The Balaban J connectivity index is 1.50. The molecule has 1 aromatic heterocycles. The molecule has 0 saturated carbocycles. The van der Waals surface area contributed by atoms with Crippen molar-refractivity contribution in [3.05, 3.63) is 95.5 Å². The first-order valence-electron chi connectivity index (χ1n) is 12.2. The number of para-hydroxylation sites is 1. The van der Waals surface area contributed by atoms with Crippen LogP contribution in [0.25, 0.3) is 11.4 Å². The van der Waals surface area contributed by atoms with E-state index in [0.29, 0.717) is 23.3 Å². The molecule has 2 heterocycles. The lowest BCUT2D eigenvalue weighted by Gasteiger charge is -2.40. The molecule has 1 saturated heterocycles. The number of nitrogens with one attached hydrogen (secondary N) is 1. The number of aromatic nitrogens is 2. The second kappa shape index (κ2) is 11.0. The highest BCUT2D eigenvalue weighted by Gasteiger charge is 2.27. The van der Waals surface area contributed by atoms with Gasteiger partial charge in [0.2, 0.25) is 0 Å². The summed E-state index contributed by atoms with van der Waals surface area (Å²) in [7, 11) is 2.19. The van der Waals surface area contributed by atoms with Gasteiger partial charge in [0.25, 0.3) is 0 Å². The summed E-state index contributed by atoms with van der Waals surface area (Å²) in [5.41, 5.74) is 3.04. The average molecular weight is 500 g/mol. The Morgan fingerprint density at radius 3 is 2.44 bits per heavy atom. The molecule has 0 spiro atoms. The van der Waals surface area contributed by atoms with Gasteiger partial charge in [-0.05, 0) is 55.9 Å². The lowest BCUT2D eigenvalue weighted by Crippen LogP contribution is -2.47. The minimum absolute atomic E-state index is 0.281. The summed E-state index contributed by atoms with van der Waals surface area (Å²) >= 11 is 6.43. The molecule has 1 unspecified atom stereocenters. The minimum Gasteiger partial charge on any atom is -0.494 e. The summed E-state index contributed by atoms with van der Waals surface area (Å²) in [4.78, 5) is 14.6. The minimum atomic E-state index is 0.281. The van der Waals surface area contributed by atoms with Crippen molar-refractivity contribution in [2.75, 3.05) is 43.5 Å². The van der Waals surface area contributed by atoms with Gasteiger partial charge in [0.05, 0.1) is 23.4 Å². The fourth-order valence-electron chi connectivity index (χ4n) is 4.47. The molecule has 6 nitrogen and oxygen atoms in total. The van der Waals surface area contributed by atoms with Gasteiger partial charge in [0.1, 0.15) is 17.4 Å². The molecule has 4 aromatic rings. The molecule has 0 aliphatic carbocycles. The molecule has 7 heteroatoms. The quantitative estimate of drug-likeness (QED) is 0.316. The first-order chi connectivity index (χ1) is 17.6. The zero-order valence-corrected chi connectivity index (χ0v) is 21.3. The van der Waals surface area contributed by atoms with Crippen LogP contribution in [0.1, 0.15) is 18.5 Å². The van der Waals surface area contributed by atoms with E-state index >= 15 is 0 Å². The van der Waals surface area contributed by atoms with E-state index in [2.05, 4.69) is 52.5 Å². The summed E-state index contributed by atoms with van der Waals surface area (Å²) in [6, 6.07) is 28.5. The zero-order valence-electron chi connectivity index (χ0n) is 20.6. The normalized spacial score (nSPS) is 16.1. The monoisotopic (exact) mass is 499 g/mol. The third-order valence-corrected chi connectivity index (χ3v) is 6.76. The van der Waals surface area contributed by atoms with Crippen LogP contribution in [0.4, 0.5) is 17.3 Å². The lowest BCUT2D eigenvalue weighted by molar-refractivity contribution is 0.220. The van der Waals surface area contributed by atoms with Crippen molar-refractivity contribution in [1.82, 2.24) is 14.9 Å². The van der Waals surface area contributed by atoms with E-state index in [1.54, 1.807) is 0 Å². The Morgan fingerprint density at radius 2 is 1.69 bits per heavy atom. The van der Waals surface area contributed by atoms with Crippen molar-refractivity contribution in [1.29, 1.82) is 0 Å². The number of nitrogens with zero attached hydrogens (tertiary/aromatic N) is 4. The van der Waals surface area contributed by atoms with Crippen molar-refractivity contribution in [2.45, 2.75) is 13.0 Å². The van der Waals surface area contributed by atoms with E-state index in [1.165, 1.54) is 5.56 Å². The van der Waals surface area contributed by atoms with Crippen LogP contribution in [-0.2, 0) is 0 Å². The topological polar surface area (TPSA) is 53.5 Å². The van der Waals surface area contributed by atoms with Gasteiger partial charge >= 0.3 is 0 Å². The zero-order chi connectivity index (χ0) is 24.9. The Hall–Kier alpha value is -3.61. The van der Waals surface area contributed by atoms with Crippen molar-refractivity contribution in [3.8, 4) is 17.1 Å². The summed E-state index contributed by atoms with van der Waals surface area (Å²) < 4.78 is 5.61. The summed E-state index contributed by atoms with van der Waals surface area (Å²) in [5.74, 6) is 3.07. The largest absolute Gasteiger partial charge is 0.494 e. The predicted octanol–water partition coefficient (Wildman–Crippen LogP) is 6.43. The van der Waals surface area contributed by atoms with E-state index in [-0.39, 0.29) is 6.04 Å². The van der Waals surface area contributed by atoms with Gasteiger partial charge in [0.15, 0.2) is 5.82 Å². The van der Waals surface area contributed by atoms with Gasteiger partial charge in [-0.3, -0.25) is 4.90 Å². The Kier molecular flexibility index (Phi) is 7.35. The molecule has 184 valence electrons. The molecule has 0 bridgehead atoms. The highest BCUT2D eigenvalue weighted by atomic mass is 35.5. The van der Waals surface area contributed by atoms with Crippen LogP contribution in [-0.4, -0.2) is 48.2 Å². The molecular weight excluding hydrogens is 470 g/mol. The third-order valence-electron chi connectivity index (χ3n) is 6.43. The molecule has 0 radical (unpaired) electrons. The molecular formula is C29H30ClN5O. The lowest BCUT2D eigenvalue weighted by atomic mass is 10.0. The molecule has 0 amide bonds. The number of ether oxygens (including phenoxy) is 1. The van der Waals surface area contributed by atoms with Crippen LogP contribution >= 0.6 is 11.6 Å². The van der Waals surface area contributed by atoms with E-state index < -0.39 is 0 Å². The van der Waals surface area contributed by atoms with E-state index in [4.69, 9.17) is 26.3 Å². The van der Waals surface area contributed by atoms with E-state index in [9.17, 15) is 0 Å². The standard InChI is InChI=1S/C29H30ClN5O/c1-3-36-23-15-13-22(14-16-23)29-32-27(31-25-12-8-7-11-24(25)30)19-28(33-29)35-18-17-34(2)26(20-35)21-9-5-4-6-10-21/h4-16,19,26H,3,17-18,20H2,1-2H3,(H,31,32,33). The van der Waals surface area contributed by atoms with Crippen molar-refractivity contribution in [2.24, 2.45) is 0 Å². The Morgan fingerprint density at radius 1 is 0.944 bits per heavy atom. The van der Waals surface area contributed by atoms with E-state index in [1.807, 2.05) is 61.5 Å². The number of anilines is 3. The Labute approximate surface area is 217 Å². The maximum absolute atomic E-state index is 6.43. The number of hydrogen-bond acceptors (Lipinski definition) is 6. The van der Waals surface area contributed by atoms with Crippen molar-refractivity contribution < 1.29 is 4.74 Å². The second-order valence-corrected chi connectivity index (χ2v) is 9.26. The van der Waals surface area contributed by atoms with Crippen LogP contribution in [0.5, 0.6) is 5.75 Å². The molecule has 36 heavy (non-hydrogen) atoms. The molecule has 1 fully saturated rings.